The molecule has 1 saturated heterocycles. The Hall–Kier alpha value is -1.91. The molecule has 2 aromatic rings. The van der Waals surface area contributed by atoms with Crippen LogP contribution in [0.5, 0.6) is 5.75 Å². The highest BCUT2D eigenvalue weighted by molar-refractivity contribution is 5.42. The van der Waals surface area contributed by atoms with E-state index in [0.717, 1.165) is 57.7 Å². The third-order valence-corrected chi connectivity index (χ3v) is 9.31. The second-order valence-corrected chi connectivity index (χ2v) is 11.4. The van der Waals surface area contributed by atoms with Crippen LogP contribution in [0.25, 0.3) is 0 Å². The summed E-state index contributed by atoms with van der Waals surface area (Å²) in [5.74, 6) is 2.48. The second kappa shape index (κ2) is 8.95. The number of fused-ring (bicyclic) bond motifs is 3. The van der Waals surface area contributed by atoms with E-state index < -0.39 is 0 Å². The molecule has 6 rings (SSSR count). The van der Waals surface area contributed by atoms with Crippen molar-refractivity contribution in [3.8, 4) is 5.75 Å². The minimum absolute atomic E-state index is 0.260. The number of hydrogen-bond acceptors (Lipinski definition) is 4. The molecule has 0 N–H and O–H groups in total. The molecule has 1 aromatic carbocycles. The molecule has 3 atom stereocenters. The summed E-state index contributed by atoms with van der Waals surface area (Å²) < 4.78 is 18.7. The summed E-state index contributed by atoms with van der Waals surface area (Å²) in [5, 5.41) is 0. The van der Waals surface area contributed by atoms with E-state index in [0.29, 0.717) is 17.8 Å². The van der Waals surface area contributed by atoms with E-state index >= 15 is 0 Å². The average molecular weight is 462 g/mol. The minimum atomic E-state index is -0.306. The van der Waals surface area contributed by atoms with Crippen molar-refractivity contribution in [3.05, 3.63) is 58.9 Å². The van der Waals surface area contributed by atoms with Gasteiger partial charge in [0.1, 0.15) is 5.75 Å². The van der Waals surface area contributed by atoms with Crippen LogP contribution in [0, 0.1) is 11.8 Å². The van der Waals surface area contributed by atoms with Gasteiger partial charge in [0.05, 0.1) is 19.8 Å². The fraction of sp³-hybridized carbons (Fsp3) is 0.633. The average Bonchev–Trinajstić information content (AvgIpc) is 3.43. The zero-order chi connectivity index (χ0) is 23.2. The van der Waals surface area contributed by atoms with Gasteiger partial charge in [-0.05, 0) is 85.3 Å². The van der Waals surface area contributed by atoms with Crippen molar-refractivity contribution in [1.82, 2.24) is 4.98 Å². The molecule has 4 nitrogen and oxygen atoms in total. The number of pyridine rings is 1. The second-order valence-electron chi connectivity index (χ2n) is 11.4. The molecule has 1 aromatic heterocycles. The first-order chi connectivity index (χ1) is 16.6. The summed E-state index contributed by atoms with van der Waals surface area (Å²) in [6.07, 6.45) is 12.3. The van der Waals surface area contributed by atoms with E-state index in [2.05, 4.69) is 49.2 Å². The molecule has 34 heavy (non-hydrogen) atoms. The monoisotopic (exact) mass is 461 g/mol. The van der Waals surface area contributed by atoms with Gasteiger partial charge in [-0.15, -0.1) is 0 Å². The van der Waals surface area contributed by atoms with E-state index in [1.165, 1.54) is 36.9 Å². The summed E-state index contributed by atoms with van der Waals surface area (Å²) >= 11 is 0. The quantitative estimate of drug-likeness (QED) is 0.520. The van der Waals surface area contributed by atoms with Crippen molar-refractivity contribution < 1.29 is 14.2 Å². The Labute approximate surface area is 204 Å². The summed E-state index contributed by atoms with van der Waals surface area (Å²) in [7, 11) is 0. The molecule has 4 aliphatic rings. The first-order valence-electron chi connectivity index (χ1n) is 13.6. The zero-order valence-corrected chi connectivity index (χ0v) is 20.9. The lowest BCUT2D eigenvalue weighted by atomic mass is 9.62. The van der Waals surface area contributed by atoms with Gasteiger partial charge in [0.2, 0.25) is 0 Å². The minimum Gasteiger partial charge on any atom is -0.493 e. The molecule has 1 aliphatic heterocycles. The van der Waals surface area contributed by atoms with Gasteiger partial charge in [0.15, 0.2) is 5.79 Å². The van der Waals surface area contributed by atoms with Crippen LogP contribution >= 0.6 is 0 Å². The summed E-state index contributed by atoms with van der Waals surface area (Å²) in [6, 6.07) is 11.3. The summed E-state index contributed by atoms with van der Waals surface area (Å²) in [6.45, 7) is 6.98. The van der Waals surface area contributed by atoms with Crippen molar-refractivity contribution in [3.63, 3.8) is 0 Å². The van der Waals surface area contributed by atoms with Gasteiger partial charge in [-0.25, -0.2) is 0 Å². The number of ether oxygens (including phenoxy) is 3. The summed E-state index contributed by atoms with van der Waals surface area (Å²) in [5.41, 5.74) is 6.02. The van der Waals surface area contributed by atoms with E-state index in [4.69, 9.17) is 14.2 Å². The molecule has 2 heterocycles. The van der Waals surface area contributed by atoms with Crippen LogP contribution in [0.2, 0.25) is 0 Å². The number of benzene rings is 1. The molecule has 0 radical (unpaired) electrons. The van der Waals surface area contributed by atoms with Crippen molar-refractivity contribution in [2.45, 2.75) is 88.8 Å². The van der Waals surface area contributed by atoms with Gasteiger partial charge in [-0.2, -0.15) is 0 Å². The molecule has 0 bridgehead atoms. The Balaban J connectivity index is 1.17. The molecule has 182 valence electrons. The molecule has 1 saturated carbocycles. The van der Waals surface area contributed by atoms with Gasteiger partial charge in [0, 0.05) is 30.3 Å². The first-order valence-corrected chi connectivity index (χ1v) is 13.6. The van der Waals surface area contributed by atoms with Crippen molar-refractivity contribution in [1.29, 1.82) is 0 Å². The fourth-order valence-corrected chi connectivity index (χ4v) is 7.57. The molecular weight excluding hydrogens is 422 g/mol. The number of hydrogen-bond donors (Lipinski definition) is 0. The van der Waals surface area contributed by atoms with Gasteiger partial charge < -0.3 is 14.2 Å². The highest BCUT2D eigenvalue weighted by atomic mass is 16.7. The lowest BCUT2D eigenvalue weighted by Gasteiger charge is -2.46. The number of aryl methyl sites for hydroxylation is 1. The third-order valence-electron chi connectivity index (χ3n) is 9.31. The molecule has 2 fully saturated rings. The third kappa shape index (κ3) is 3.87. The molecule has 3 aliphatic carbocycles. The summed E-state index contributed by atoms with van der Waals surface area (Å²) in [4.78, 5) is 4.65. The van der Waals surface area contributed by atoms with Gasteiger partial charge in [-0.1, -0.05) is 38.1 Å². The molecular formula is C30H39NO3. The Morgan fingerprint density at radius 2 is 1.88 bits per heavy atom. The van der Waals surface area contributed by atoms with Crippen LogP contribution in [0.3, 0.4) is 0 Å². The SMILES string of the molecule is C[C@@H](COc1ccnc2c1[C@H](C)CCC2)C[C@H]1Cc2ccccc2C12CCC1(CC2)OCCO1. The maximum Gasteiger partial charge on any atom is 0.168 e. The van der Waals surface area contributed by atoms with Crippen LogP contribution in [0.1, 0.15) is 87.1 Å². The van der Waals surface area contributed by atoms with Crippen molar-refractivity contribution in [2.24, 2.45) is 11.8 Å². The normalized spacial score (nSPS) is 27.5. The number of aromatic nitrogens is 1. The van der Waals surface area contributed by atoms with Gasteiger partial charge in [-0.3, -0.25) is 4.98 Å². The van der Waals surface area contributed by atoms with Crippen LogP contribution in [0.4, 0.5) is 0 Å². The Bertz CT molecular complexity index is 1020. The van der Waals surface area contributed by atoms with Crippen LogP contribution in [-0.2, 0) is 27.7 Å². The highest BCUT2D eigenvalue weighted by Gasteiger charge is 2.53. The Kier molecular flexibility index (Phi) is 5.93. The predicted octanol–water partition coefficient (Wildman–Crippen LogP) is 6.35. The standard InChI is InChI=1S/C30H39NO3/c1-21(20-32-27-10-15-31-26-9-5-6-22(2)28(26)27)18-24-19-23-7-3-4-8-25(23)29(24)11-13-30(14-12-29)33-16-17-34-30/h3-4,7-8,10,15,21-22,24H,5-6,9,11-14,16-20H2,1-2H3/t21-,22-,24+/m1/s1. The van der Waals surface area contributed by atoms with Crippen LogP contribution in [0.15, 0.2) is 36.5 Å². The first kappa shape index (κ1) is 22.5. The van der Waals surface area contributed by atoms with Crippen molar-refractivity contribution in [2.75, 3.05) is 19.8 Å². The number of nitrogens with zero attached hydrogens (tertiary/aromatic N) is 1. The topological polar surface area (TPSA) is 40.6 Å². The van der Waals surface area contributed by atoms with E-state index in [1.54, 1.807) is 11.1 Å². The van der Waals surface area contributed by atoms with Crippen LogP contribution < -0.4 is 4.74 Å². The van der Waals surface area contributed by atoms with Gasteiger partial charge in [0.25, 0.3) is 0 Å². The lowest BCUT2D eigenvalue weighted by Crippen LogP contribution is -2.44. The van der Waals surface area contributed by atoms with Crippen molar-refractivity contribution >= 4 is 0 Å². The zero-order valence-electron chi connectivity index (χ0n) is 20.9. The molecule has 0 amide bonds. The maximum absolute atomic E-state index is 6.50. The van der Waals surface area contributed by atoms with Gasteiger partial charge >= 0.3 is 0 Å². The van der Waals surface area contributed by atoms with E-state index in [1.807, 2.05) is 6.20 Å². The predicted molar refractivity (Wildman–Crippen MR) is 133 cm³/mol. The van der Waals surface area contributed by atoms with E-state index in [-0.39, 0.29) is 11.2 Å². The molecule has 4 heteroatoms. The Morgan fingerprint density at radius 1 is 1.09 bits per heavy atom. The highest BCUT2D eigenvalue weighted by Crippen LogP contribution is 2.56. The Morgan fingerprint density at radius 3 is 2.71 bits per heavy atom. The molecule has 0 unspecified atom stereocenters. The van der Waals surface area contributed by atoms with E-state index in [9.17, 15) is 0 Å². The largest absolute Gasteiger partial charge is 0.493 e. The lowest BCUT2D eigenvalue weighted by molar-refractivity contribution is -0.187. The number of rotatable bonds is 5. The smallest absolute Gasteiger partial charge is 0.168 e. The maximum atomic E-state index is 6.50. The van der Waals surface area contributed by atoms with Crippen LogP contribution in [-0.4, -0.2) is 30.6 Å². The fourth-order valence-electron chi connectivity index (χ4n) is 7.57. The molecule has 2 spiro atoms.